The smallest absolute Gasteiger partial charge is 0.119 e. The summed E-state index contributed by atoms with van der Waals surface area (Å²) >= 11 is 0. The van der Waals surface area contributed by atoms with Crippen LogP contribution in [0.2, 0.25) is 0 Å². The van der Waals surface area contributed by atoms with Gasteiger partial charge in [-0.25, -0.2) is 0 Å². The first-order chi connectivity index (χ1) is 11.2. The Bertz CT molecular complexity index is 569. The predicted octanol–water partition coefficient (Wildman–Crippen LogP) is 1.97. The number of benzene rings is 2. The molecule has 5 heteroatoms. The maximum absolute atomic E-state index is 9.88. The van der Waals surface area contributed by atoms with Crippen molar-refractivity contribution in [3.05, 3.63) is 54.1 Å². The van der Waals surface area contributed by atoms with E-state index >= 15 is 0 Å². The molecule has 0 fully saturated rings. The number of rotatable bonds is 9. The third-order valence-corrected chi connectivity index (χ3v) is 3.41. The number of aliphatic hydroxyl groups excluding tert-OH is 1. The largest absolute Gasteiger partial charge is 0.508 e. The molecule has 23 heavy (non-hydrogen) atoms. The van der Waals surface area contributed by atoms with Gasteiger partial charge in [-0.15, -0.1) is 0 Å². The molecule has 2 aromatic rings. The van der Waals surface area contributed by atoms with E-state index in [4.69, 9.17) is 9.47 Å². The minimum absolute atomic E-state index is 0.193. The van der Waals surface area contributed by atoms with E-state index in [0.29, 0.717) is 12.3 Å². The van der Waals surface area contributed by atoms with Crippen molar-refractivity contribution in [3.8, 4) is 17.2 Å². The number of methoxy groups -OCH3 is 1. The highest BCUT2D eigenvalue weighted by molar-refractivity contribution is 5.30. The molecule has 0 saturated heterocycles. The molecule has 1 atom stereocenters. The maximum atomic E-state index is 9.88. The van der Waals surface area contributed by atoms with Gasteiger partial charge in [0.1, 0.15) is 30.0 Å². The average Bonchev–Trinajstić information content (AvgIpc) is 2.59. The predicted molar refractivity (Wildman–Crippen MR) is 89.2 cm³/mol. The molecule has 0 aliphatic rings. The fourth-order valence-electron chi connectivity index (χ4n) is 2.09. The third-order valence-electron chi connectivity index (χ3n) is 3.41. The first kappa shape index (κ1) is 17.1. The van der Waals surface area contributed by atoms with Gasteiger partial charge >= 0.3 is 0 Å². The van der Waals surface area contributed by atoms with Crippen molar-refractivity contribution in [2.75, 3.05) is 26.8 Å². The number of aliphatic hydroxyl groups is 1. The zero-order valence-electron chi connectivity index (χ0n) is 13.2. The van der Waals surface area contributed by atoms with Crippen molar-refractivity contribution in [1.29, 1.82) is 0 Å². The number of hydrogen-bond acceptors (Lipinski definition) is 5. The molecule has 0 aliphatic carbocycles. The van der Waals surface area contributed by atoms with Crippen LogP contribution in [-0.2, 0) is 6.42 Å². The summed E-state index contributed by atoms with van der Waals surface area (Å²) < 4.78 is 10.6. The first-order valence-electron chi connectivity index (χ1n) is 7.61. The van der Waals surface area contributed by atoms with Gasteiger partial charge in [0, 0.05) is 6.54 Å². The Hall–Kier alpha value is -2.24. The molecule has 0 amide bonds. The van der Waals surface area contributed by atoms with Crippen molar-refractivity contribution in [2.24, 2.45) is 0 Å². The fourth-order valence-corrected chi connectivity index (χ4v) is 2.09. The van der Waals surface area contributed by atoms with Crippen LogP contribution >= 0.6 is 0 Å². The summed E-state index contributed by atoms with van der Waals surface area (Å²) in [5, 5.41) is 22.3. The van der Waals surface area contributed by atoms with Crippen LogP contribution in [0.3, 0.4) is 0 Å². The molecule has 3 N–H and O–H groups in total. The van der Waals surface area contributed by atoms with Crippen molar-refractivity contribution >= 4 is 0 Å². The highest BCUT2D eigenvalue weighted by atomic mass is 16.5. The first-order valence-corrected chi connectivity index (χ1v) is 7.61. The van der Waals surface area contributed by atoms with E-state index in [-0.39, 0.29) is 12.4 Å². The molecule has 0 aromatic heterocycles. The zero-order valence-corrected chi connectivity index (χ0v) is 13.2. The standard InChI is InChI=1S/C18H23NO4/c1-22-17-6-2-14(3-7-17)10-11-19-12-16(21)13-23-18-8-4-15(20)5-9-18/h2-9,16,19-21H,10-13H2,1H3/t16-/m1/s1. The molecule has 2 aromatic carbocycles. The van der Waals surface area contributed by atoms with E-state index in [1.165, 1.54) is 5.56 Å². The van der Waals surface area contributed by atoms with E-state index < -0.39 is 6.10 Å². The third kappa shape index (κ3) is 6.18. The summed E-state index contributed by atoms with van der Waals surface area (Å²) in [5.41, 5.74) is 1.22. The summed E-state index contributed by atoms with van der Waals surface area (Å²) in [7, 11) is 1.65. The van der Waals surface area contributed by atoms with E-state index in [0.717, 1.165) is 18.7 Å². The van der Waals surface area contributed by atoms with Crippen LogP contribution in [0.5, 0.6) is 17.2 Å². The van der Waals surface area contributed by atoms with Gasteiger partial charge in [0.2, 0.25) is 0 Å². The summed E-state index contributed by atoms with van der Waals surface area (Å²) in [4.78, 5) is 0. The number of ether oxygens (including phenoxy) is 2. The number of hydrogen-bond donors (Lipinski definition) is 3. The summed E-state index contributed by atoms with van der Waals surface area (Å²) in [6.07, 6.45) is 0.301. The van der Waals surface area contributed by atoms with Gasteiger partial charge in [-0.05, 0) is 54.9 Å². The quantitative estimate of drug-likeness (QED) is 0.617. The molecule has 124 valence electrons. The molecule has 0 unspecified atom stereocenters. The summed E-state index contributed by atoms with van der Waals surface area (Å²) in [6, 6.07) is 14.4. The lowest BCUT2D eigenvalue weighted by atomic mass is 10.1. The number of nitrogens with one attached hydrogen (secondary N) is 1. The lowest BCUT2D eigenvalue weighted by Crippen LogP contribution is -2.32. The lowest BCUT2D eigenvalue weighted by molar-refractivity contribution is 0.106. The van der Waals surface area contributed by atoms with Crippen molar-refractivity contribution < 1.29 is 19.7 Å². The Kier molecular flexibility index (Phi) is 6.72. The molecule has 0 bridgehead atoms. The molecule has 0 aliphatic heterocycles. The van der Waals surface area contributed by atoms with E-state index in [1.54, 1.807) is 31.4 Å². The normalized spacial score (nSPS) is 11.9. The Morgan fingerprint density at radius 3 is 2.30 bits per heavy atom. The average molecular weight is 317 g/mol. The van der Waals surface area contributed by atoms with Gasteiger partial charge in [0.05, 0.1) is 7.11 Å². The summed E-state index contributed by atoms with van der Waals surface area (Å²) in [5.74, 6) is 1.67. The summed E-state index contributed by atoms with van der Waals surface area (Å²) in [6.45, 7) is 1.46. The van der Waals surface area contributed by atoms with Crippen LogP contribution in [0.1, 0.15) is 5.56 Å². The monoisotopic (exact) mass is 317 g/mol. The highest BCUT2D eigenvalue weighted by Gasteiger charge is 2.05. The van der Waals surface area contributed by atoms with Gasteiger partial charge in [0.25, 0.3) is 0 Å². The Balaban J connectivity index is 1.60. The second-order valence-electron chi connectivity index (χ2n) is 5.26. The van der Waals surface area contributed by atoms with Crippen LogP contribution in [0.25, 0.3) is 0 Å². The van der Waals surface area contributed by atoms with Crippen molar-refractivity contribution in [3.63, 3.8) is 0 Å². The van der Waals surface area contributed by atoms with Gasteiger partial charge in [-0.3, -0.25) is 0 Å². The number of phenolic OH excluding ortho intramolecular Hbond substituents is 1. The van der Waals surface area contributed by atoms with Crippen LogP contribution in [0, 0.1) is 0 Å². The topological polar surface area (TPSA) is 71.0 Å². The number of aromatic hydroxyl groups is 1. The fraction of sp³-hybridized carbons (Fsp3) is 0.333. The van der Waals surface area contributed by atoms with Gasteiger partial charge in [-0.2, -0.15) is 0 Å². The Morgan fingerprint density at radius 2 is 1.65 bits per heavy atom. The molecular weight excluding hydrogens is 294 g/mol. The van der Waals surface area contributed by atoms with Gasteiger partial charge in [-0.1, -0.05) is 12.1 Å². The number of phenols is 1. The van der Waals surface area contributed by atoms with Crippen LogP contribution in [0.15, 0.2) is 48.5 Å². The Labute approximate surface area is 136 Å². The minimum Gasteiger partial charge on any atom is -0.508 e. The zero-order chi connectivity index (χ0) is 16.5. The van der Waals surface area contributed by atoms with E-state index in [9.17, 15) is 10.2 Å². The van der Waals surface area contributed by atoms with Crippen LogP contribution in [-0.4, -0.2) is 43.1 Å². The van der Waals surface area contributed by atoms with E-state index in [1.807, 2.05) is 24.3 Å². The van der Waals surface area contributed by atoms with E-state index in [2.05, 4.69) is 5.32 Å². The highest BCUT2D eigenvalue weighted by Crippen LogP contribution is 2.16. The molecule has 0 radical (unpaired) electrons. The lowest BCUT2D eigenvalue weighted by Gasteiger charge is -2.13. The molecule has 2 rings (SSSR count). The van der Waals surface area contributed by atoms with Crippen molar-refractivity contribution in [1.82, 2.24) is 5.32 Å². The molecule has 0 heterocycles. The molecule has 0 spiro atoms. The van der Waals surface area contributed by atoms with Crippen LogP contribution < -0.4 is 14.8 Å². The minimum atomic E-state index is -0.584. The molecule has 0 saturated carbocycles. The SMILES string of the molecule is COc1ccc(CCNC[C@@H](O)COc2ccc(O)cc2)cc1. The second-order valence-corrected chi connectivity index (χ2v) is 5.26. The molecular formula is C18H23NO4. The maximum Gasteiger partial charge on any atom is 0.119 e. The molecule has 5 nitrogen and oxygen atoms in total. The van der Waals surface area contributed by atoms with Crippen LogP contribution in [0.4, 0.5) is 0 Å². The Morgan fingerprint density at radius 1 is 1.00 bits per heavy atom. The van der Waals surface area contributed by atoms with Gasteiger partial charge < -0.3 is 25.0 Å². The van der Waals surface area contributed by atoms with Crippen molar-refractivity contribution in [2.45, 2.75) is 12.5 Å². The second kappa shape index (κ2) is 9.02. The van der Waals surface area contributed by atoms with Gasteiger partial charge in [0.15, 0.2) is 0 Å².